The highest BCUT2D eigenvalue weighted by Gasteiger charge is 2.41. The zero-order valence-electron chi connectivity index (χ0n) is 7.24. The van der Waals surface area contributed by atoms with E-state index in [9.17, 15) is 15.3 Å². The summed E-state index contributed by atoms with van der Waals surface area (Å²) in [6, 6.07) is 0. The molecular formula is C8H16O5. The Hall–Kier alpha value is -0.200. The lowest BCUT2D eigenvalue weighted by Gasteiger charge is -2.39. The lowest BCUT2D eigenvalue weighted by atomic mass is 9.75. The Morgan fingerprint density at radius 1 is 0.923 bits per heavy atom. The zero-order chi connectivity index (χ0) is 10.0. The van der Waals surface area contributed by atoms with E-state index in [0.29, 0.717) is 0 Å². The minimum Gasteiger partial charge on any atom is -0.396 e. The van der Waals surface area contributed by atoms with Gasteiger partial charge >= 0.3 is 0 Å². The van der Waals surface area contributed by atoms with Crippen LogP contribution in [-0.2, 0) is 0 Å². The summed E-state index contributed by atoms with van der Waals surface area (Å²) >= 11 is 0. The fraction of sp³-hybridized carbons (Fsp3) is 1.00. The fourth-order valence-electron chi connectivity index (χ4n) is 1.85. The Bertz CT molecular complexity index is 161. The second kappa shape index (κ2) is 4.34. The fourth-order valence-corrected chi connectivity index (χ4v) is 1.85. The van der Waals surface area contributed by atoms with Crippen molar-refractivity contribution in [2.45, 2.75) is 24.7 Å². The Morgan fingerprint density at radius 2 is 1.54 bits per heavy atom. The molecule has 1 aliphatic carbocycles. The van der Waals surface area contributed by atoms with Crippen molar-refractivity contribution in [3.8, 4) is 0 Å². The van der Waals surface area contributed by atoms with E-state index in [4.69, 9.17) is 10.2 Å². The molecule has 13 heavy (non-hydrogen) atoms. The monoisotopic (exact) mass is 192 g/mol. The van der Waals surface area contributed by atoms with E-state index >= 15 is 0 Å². The summed E-state index contributed by atoms with van der Waals surface area (Å²) in [5.41, 5.74) is 0. The highest BCUT2D eigenvalue weighted by atomic mass is 16.4. The van der Waals surface area contributed by atoms with Crippen molar-refractivity contribution < 1.29 is 25.5 Å². The Morgan fingerprint density at radius 3 is 2.00 bits per heavy atom. The molecule has 0 aromatic heterocycles. The summed E-state index contributed by atoms with van der Waals surface area (Å²) in [4.78, 5) is 0. The van der Waals surface area contributed by atoms with Crippen molar-refractivity contribution in [3.63, 3.8) is 0 Å². The first-order valence-corrected chi connectivity index (χ1v) is 4.37. The maximum Gasteiger partial charge on any atom is 0.106 e. The second-order valence-electron chi connectivity index (χ2n) is 3.57. The lowest BCUT2D eigenvalue weighted by Crippen LogP contribution is -2.52. The molecule has 5 heteroatoms. The molecule has 0 unspecified atom stereocenters. The minimum absolute atomic E-state index is 0.202. The third-order valence-electron chi connectivity index (χ3n) is 2.78. The topological polar surface area (TPSA) is 101 Å². The average Bonchev–Trinajstić information content (AvgIpc) is 2.13. The number of aliphatic hydroxyl groups excluding tert-OH is 5. The SMILES string of the molecule is OC[C@@H]1C[C@H](O)[C@H](O)[C@@H](O)[C@H]1CO. The molecule has 1 saturated carbocycles. The molecule has 0 saturated heterocycles. The summed E-state index contributed by atoms with van der Waals surface area (Å²) in [5, 5.41) is 45.8. The molecule has 1 aliphatic rings. The highest BCUT2D eigenvalue weighted by Crippen LogP contribution is 2.30. The first-order valence-electron chi connectivity index (χ1n) is 4.37. The van der Waals surface area contributed by atoms with Gasteiger partial charge in [0.1, 0.15) is 6.10 Å². The quantitative estimate of drug-likeness (QED) is 0.338. The predicted octanol–water partition coefficient (Wildman–Crippen LogP) is -2.31. The van der Waals surface area contributed by atoms with Gasteiger partial charge in [0, 0.05) is 19.1 Å². The lowest BCUT2D eigenvalue weighted by molar-refractivity contribution is -0.144. The minimum atomic E-state index is -1.22. The molecule has 1 fully saturated rings. The van der Waals surface area contributed by atoms with E-state index in [0.717, 1.165) is 0 Å². The van der Waals surface area contributed by atoms with Crippen LogP contribution in [0.1, 0.15) is 6.42 Å². The Balaban J connectivity index is 2.69. The molecule has 1 rings (SSSR count). The molecule has 5 N–H and O–H groups in total. The highest BCUT2D eigenvalue weighted by molar-refractivity contribution is 4.91. The van der Waals surface area contributed by atoms with E-state index < -0.39 is 24.2 Å². The van der Waals surface area contributed by atoms with Crippen LogP contribution in [0.15, 0.2) is 0 Å². The van der Waals surface area contributed by atoms with Gasteiger partial charge in [-0.2, -0.15) is 0 Å². The third kappa shape index (κ3) is 2.00. The van der Waals surface area contributed by atoms with Gasteiger partial charge in [-0.1, -0.05) is 0 Å². The van der Waals surface area contributed by atoms with E-state index in [1.165, 1.54) is 0 Å². The summed E-state index contributed by atoms with van der Waals surface area (Å²) < 4.78 is 0. The van der Waals surface area contributed by atoms with Gasteiger partial charge < -0.3 is 25.5 Å². The van der Waals surface area contributed by atoms with Crippen LogP contribution in [0.2, 0.25) is 0 Å². The normalized spacial score (nSPS) is 46.4. The van der Waals surface area contributed by atoms with Crippen LogP contribution in [0.25, 0.3) is 0 Å². The number of hydrogen-bond acceptors (Lipinski definition) is 5. The van der Waals surface area contributed by atoms with Crippen molar-refractivity contribution >= 4 is 0 Å². The van der Waals surface area contributed by atoms with Gasteiger partial charge in [0.05, 0.1) is 12.2 Å². The molecule has 0 amide bonds. The maximum atomic E-state index is 9.43. The van der Waals surface area contributed by atoms with Crippen LogP contribution in [0.5, 0.6) is 0 Å². The van der Waals surface area contributed by atoms with Gasteiger partial charge in [-0.25, -0.2) is 0 Å². The van der Waals surface area contributed by atoms with Gasteiger partial charge in [-0.15, -0.1) is 0 Å². The van der Waals surface area contributed by atoms with Crippen LogP contribution >= 0.6 is 0 Å². The van der Waals surface area contributed by atoms with Crippen molar-refractivity contribution in [2.75, 3.05) is 13.2 Å². The standard InChI is InChI=1S/C8H16O5/c9-2-4-1-6(11)8(13)7(12)5(4)3-10/h4-13H,1-3H2/t4-,5-,6-,7-,8-/m0/s1. The van der Waals surface area contributed by atoms with Crippen molar-refractivity contribution in [1.82, 2.24) is 0 Å². The van der Waals surface area contributed by atoms with E-state index in [2.05, 4.69) is 0 Å². The first-order chi connectivity index (χ1) is 6.11. The molecule has 0 radical (unpaired) electrons. The van der Waals surface area contributed by atoms with Crippen LogP contribution in [0.4, 0.5) is 0 Å². The van der Waals surface area contributed by atoms with Crippen molar-refractivity contribution in [2.24, 2.45) is 11.8 Å². The molecule has 0 aliphatic heterocycles. The van der Waals surface area contributed by atoms with Crippen LogP contribution in [0.3, 0.4) is 0 Å². The summed E-state index contributed by atoms with van der Waals surface area (Å²) in [5.74, 6) is -0.901. The van der Waals surface area contributed by atoms with Crippen LogP contribution in [0, 0.1) is 11.8 Å². The van der Waals surface area contributed by atoms with E-state index in [-0.39, 0.29) is 25.6 Å². The average molecular weight is 192 g/mol. The predicted molar refractivity (Wildman–Crippen MR) is 43.8 cm³/mol. The van der Waals surface area contributed by atoms with Crippen LogP contribution in [-0.4, -0.2) is 57.1 Å². The van der Waals surface area contributed by atoms with Crippen LogP contribution < -0.4 is 0 Å². The molecular weight excluding hydrogens is 176 g/mol. The molecule has 5 atom stereocenters. The third-order valence-corrected chi connectivity index (χ3v) is 2.78. The van der Waals surface area contributed by atoms with Gasteiger partial charge in [0.25, 0.3) is 0 Å². The Labute approximate surface area is 76.3 Å². The van der Waals surface area contributed by atoms with E-state index in [1.807, 2.05) is 0 Å². The maximum absolute atomic E-state index is 9.43. The van der Waals surface area contributed by atoms with E-state index in [1.54, 1.807) is 0 Å². The van der Waals surface area contributed by atoms with Gasteiger partial charge in [-0.3, -0.25) is 0 Å². The largest absolute Gasteiger partial charge is 0.396 e. The van der Waals surface area contributed by atoms with Crippen molar-refractivity contribution in [3.05, 3.63) is 0 Å². The molecule has 0 aromatic carbocycles. The number of hydrogen-bond donors (Lipinski definition) is 5. The Kier molecular flexibility index (Phi) is 3.63. The first kappa shape index (κ1) is 10.9. The summed E-state index contributed by atoms with van der Waals surface area (Å²) in [7, 11) is 0. The van der Waals surface area contributed by atoms with Gasteiger partial charge in [0.15, 0.2) is 0 Å². The second-order valence-corrected chi connectivity index (χ2v) is 3.57. The zero-order valence-corrected chi connectivity index (χ0v) is 7.24. The smallest absolute Gasteiger partial charge is 0.106 e. The number of rotatable bonds is 2. The molecule has 0 bridgehead atoms. The van der Waals surface area contributed by atoms with Gasteiger partial charge in [0.2, 0.25) is 0 Å². The molecule has 0 heterocycles. The summed E-state index contributed by atoms with van der Waals surface area (Å²) in [6.07, 6.45) is -3.19. The molecule has 0 spiro atoms. The van der Waals surface area contributed by atoms with Gasteiger partial charge in [-0.05, 0) is 12.3 Å². The van der Waals surface area contributed by atoms with Crippen molar-refractivity contribution in [1.29, 1.82) is 0 Å². The molecule has 78 valence electrons. The number of aliphatic hydroxyl groups is 5. The molecule has 5 nitrogen and oxygen atoms in total. The summed E-state index contributed by atoms with van der Waals surface area (Å²) in [6.45, 7) is -0.498. The molecule has 0 aromatic rings.